The minimum atomic E-state index is -0.862. The Morgan fingerprint density at radius 1 is 1.40 bits per heavy atom. The number of carboxylic acid groups (broad SMARTS) is 1. The van der Waals surface area contributed by atoms with Crippen molar-refractivity contribution in [2.24, 2.45) is 0 Å². The summed E-state index contributed by atoms with van der Waals surface area (Å²) in [6.45, 7) is 1.74. The van der Waals surface area contributed by atoms with Crippen LogP contribution in [0.15, 0.2) is 12.2 Å². The van der Waals surface area contributed by atoms with E-state index in [1.54, 1.807) is 6.92 Å². The summed E-state index contributed by atoms with van der Waals surface area (Å²) in [5, 5.41) is 8.44. The van der Waals surface area contributed by atoms with Crippen LogP contribution in [0.25, 0.3) is 0 Å². The van der Waals surface area contributed by atoms with E-state index in [9.17, 15) is 14.4 Å². The molecule has 0 saturated carbocycles. The smallest absolute Gasteiger partial charge is 0.303 e. The number of imide groups is 1. The van der Waals surface area contributed by atoms with Crippen LogP contribution >= 0.6 is 0 Å². The second-order valence-corrected chi connectivity index (χ2v) is 3.51. The summed E-state index contributed by atoms with van der Waals surface area (Å²) >= 11 is 0. The quantitative estimate of drug-likeness (QED) is 0.674. The Bertz CT molecular complexity index is 303. The van der Waals surface area contributed by atoms with E-state index < -0.39 is 5.97 Å². The molecule has 15 heavy (non-hydrogen) atoms. The van der Waals surface area contributed by atoms with Gasteiger partial charge in [-0.2, -0.15) is 0 Å². The van der Waals surface area contributed by atoms with E-state index in [-0.39, 0.29) is 24.3 Å². The van der Waals surface area contributed by atoms with Crippen molar-refractivity contribution in [1.29, 1.82) is 0 Å². The van der Waals surface area contributed by atoms with Crippen LogP contribution < -0.4 is 0 Å². The van der Waals surface area contributed by atoms with Gasteiger partial charge in [0.05, 0.1) is 0 Å². The topological polar surface area (TPSA) is 74.7 Å². The van der Waals surface area contributed by atoms with E-state index in [4.69, 9.17) is 5.11 Å². The lowest BCUT2D eigenvalue weighted by molar-refractivity contribution is -0.139. The van der Waals surface area contributed by atoms with Gasteiger partial charge in [-0.15, -0.1) is 0 Å². The minimum Gasteiger partial charge on any atom is -0.481 e. The third-order valence-corrected chi connectivity index (χ3v) is 2.30. The molecule has 0 aromatic heterocycles. The normalized spacial score (nSPS) is 17.3. The number of rotatable bonds is 5. The van der Waals surface area contributed by atoms with Gasteiger partial charge in [-0.25, -0.2) is 0 Å². The summed E-state index contributed by atoms with van der Waals surface area (Å²) in [7, 11) is 0. The van der Waals surface area contributed by atoms with Crippen LogP contribution in [0.4, 0.5) is 0 Å². The van der Waals surface area contributed by atoms with Crippen molar-refractivity contribution in [2.45, 2.75) is 32.2 Å². The van der Waals surface area contributed by atoms with Crippen LogP contribution in [0.1, 0.15) is 26.2 Å². The number of amides is 2. The number of carbonyl (C=O) groups is 3. The van der Waals surface area contributed by atoms with Gasteiger partial charge in [0.1, 0.15) is 0 Å². The molecule has 0 spiro atoms. The highest BCUT2D eigenvalue weighted by atomic mass is 16.4. The third-order valence-electron chi connectivity index (χ3n) is 2.30. The van der Waals surface area contributed by atoms with Crippen molar-refractivity contribution in [2.75, 3.05) is 0 Å². The molecule has 2 amide bonds. The van der Waals surface area contributed by atoms with Crippen LogP contribution in [-0.4, -0.2) is 33.8 Å². The molecule has 1 heterocycles. The predicted molar refractivity (Wildman–Crippen MR) is 51.9 cm³/mol. The van der Waals surface area contributed by atoms with Crippen molar-refractivity contribution >= 4 is 17.8 Å². The third kappa shape index (κ3) is 2.90. The molecule has 1 aliphatic heterocycles. The fourth-order valence-corrected chi connectivity index (χ4v) is 1.52. The Balaban J connectivity index is 2.40. The van der Waals surface area contributed by atoms with Crippen LogP contribution in [-0.2, 0) is 14.4 Å². The van der Waals surface area contributed by atoms with Crippen LogP contribution in [0.5, 0.6) is 0 Å². The van der Waals surface area contributed by atoms with Crippen molar-refractivity contribution < 1.29 is 19.5 Å². The fourth-order valence-electron chi connectivity index (χ4n) is 1.52. The lowest BCUT2D eigenvalue weighted by Crippen LogP contribution is -2.38. The van der Waals surface area contributed by atoms with Gasteiger partial charge in [0.2, 0.25) is 0 Å². The average molecular weight is 211 g/mol. The standard InChI is InChI=1S/C10H13NO4/c1-7(3-2-4-10(14)15)11-8(12)5-6-9(11)13/h5-7H,2-4H2,1H3,(H,14,15). The Labute approximate surface area is 87.4 Å². The fraction of sp³-hybridized carbons (Fsp3) is 0.500. The summed E-state index contributed by atoms with van der Waals surface area (Å²) in [4.78, 5) is 33.9. The van der Waals surface area contributed by atoms with Gasteiger partial charge < -0.3 is 5.11 Å². The van der Waals surface area contributed by atoms with E-state index in [1.165, 1.54) is 12.2 Å². The summed E-state index contributed by atoms with van der Waals surface area (Å²) in [6.07, 6.45) is 3.51. The highest BCUT2D eigenvalue weighted by molar-refractivity contribution is 6.13. The Hall–Kier alpha value is -1.65. The van der Waals surface area contributed by atoms with Crippen LogP contribution in [0.3, 0.4) is 0 Å². The first-order valence-electron chi connectivity index (χ1n) is 4.79. The number of hydrogen-bond acceptors (Lipinski definition) is 3. The predicted octanol–water partition coefficient (Wildman–Crippen LogP) is 0.555. The van der Waals surface area contributed by atoms with Gasteiger partial charge in [-0.3, -0.25) is 19.3 Å². The zero-order valence-electron chi connectivity index (χ0n) is 8.47. The lowest BCUT2D eigenvalue weighted by atomic mass is 10.1. The summed E-state index contributed by atoms with van der Waals surface area (Å²) < 4.78 is 0. The second-order valence-electron chi connectivity index (χ2n) is 3.51. The first-order valence-corrected chi connectivity index (χ1v) is 4.79. The molecule has 0 bridgehead atoms. The molecule has 0 aliphatic carbocycles. The largest absolute Gasteiger partial charge is 0.481 e. The summed E-state index contributed by atoms with van der Waals surface area (Å²) in [5.74, 6) is -1.50. The molecular weight excluding hydrogens is 198 g/mol. The average Bonchev–Trinajstić information content (AvgIpc) is 2.45. The summed E-state index contributed by atoms with van der Waals surface area (Å²) in [5.41, 5.74) is 0. The maximum Gasteiger partial charge on any atom is 0.303 e. The maximum atomic E-state index is 11.2. The molecular formula is C10H13NO4. The first kappa shape index (κ1) is 11.4. The van der Waals surface area contributed by atoms with E-state index >= 15 is 0 Å². The molecule has 0 radical (unpaired) electrons. The Kier molecular flexibility index (Phi) is 3.60. The van der Waals surface area contributed by atoms with E-state index in [1.807, 2.05) is 0 Å². The van der Waals surface area contributed by atoms with Gasteiger partial charge >= 0.3 is 5.97 Å². The van der Waals surface area contributed by atoms with Gasteiger partial charge in [0, 0.05) is 24.6 Å². The maximum absolute atomic E-state index is 11.2. The molecule has 1 unspecified atom stereocenters. The van der Waals surface area contributed by atoms with Crippen molar-refractivity contribution in [3.8, 4) is 0 Å². The molecule has 1 N–H and O–H groups in total. The second kappa shape index (κ2) is 4.72. The molecule has 5 nitrogen and oxygen atoms in total. The van der Waals surface area contributed by atoms with Gasteiger partial charge in [-0.05, 0) is 19.8 Å². The van der Waals surface area contributed by atoms with Crippen molar-refractivity contribution in [3.05, 3.63) is 12.2 Å². The van der Waals surface area contributed by atoms with E-state index in [2.05, 4.69) is 0 Å². The molecule has 0 saturated heterocycles. The molecule has 1 rings (SSSR count). The lowest BCUT2D eigenvalue weighted by Gasteiger charge is -2.21. The molecule has 1 aliphatic rings. The zero-order valence-corrected chi connectivity index (χ0v) is 8.47. The van der Waals surface area contributed by atoms with Crippen molar-refractivity contribution in [1.82, 2.24) is 4.90 Å². The molecule has 0 fully saturated rings. The van der Waals surface area contributed by atoms with Gasteiger partial charge in [0.25, 0.3) is 11.8 Å². The number of nitrogens with zero attached hydrogens (tertiary/aromatic N) is 1. The highest BCUT2D eigenvalue weighted by Gasteiger charge is 2.27. The number of carbonyl (C=O) groups excluding carboxylic acids is 2. The zero-order chi connectivity index (χ0) is 11.4. The SMILES string of the molecule is CC(CCCC(=O)O)N1C(=O)C=CC1=O. The summed E-state index contributed by atoms with van der Waals surface area (Å²) in [6, 6.07) is -0.237. The van der Waals surface area contributed by atoms with Gasteiger partial charge in [0.15, 0.2) is 0 Å². The van der Waals surface area contributed by atoms with Crippen LogP contribution in [0, 0.1) is 0 Å². The Morgan fingerprint density at radius 2 is 1.93 bits per heavy atom. The van der Waals surface area contributed by atoms with Gasteiger partial charge in [-0.1, -0.05) is 0 Å². The molecule has 1 atom stereocenters. The number of hydrogen-bond donors (Lipinski definition) is 1. The van der Waals surface area contributed by atoms with E-state index in [0.717, 1.165) is 4.90 Å². The first-order chi connectivity index (χ1) is 7.02. The minimum absolute atomic E-state index is 0.0635. The van der Waals surface area contributed by atoms with E-state index in [0.29, 0.717) is 12.8 Å². The molecule has 0 aromatic carbocycles. The van der Waals surface area contributed by atoms with Crippen molar-refractivity contribution in [3.63, 3.8) is 0 Å². The Morgan fingerprint density at radius 3 is 2.40 bits per heavy atom. The number of carboxylic acids is 1. The molecule has 82 valence electrons. The highest BCUT2D eigenvalue weighted by Crippen LogP contribution is 2.13. The monoisotopic (exact) mass is 211 g/mol. The molecule has 5 heteroatoms. The van der Waals surface area contributed by atoms with Crippen LogP contribution in [0.2, 0.25) is 0 Å². The number of aliphatic carboxylic acids is 1. The molecule has 0 aromatic rings.